The molecule has 1 N–H and O–H groups in total. The Balaban J connectivity index is 1.92. The van der Waals surface area contributed by atoms with E-state index in [9.17, 15) is 9.90 Å². The van der Waals surface area contributed by atoms with Crippen LogP contribution in [-0.4, -0.2) is 39.4 Å². The smallest absolute Gasteiger partial charge is 0.228 e. The molecule has 2 atom stereocenters. The fourth-order valence-corrected chi connectivity index (χ4v) is 2.14. The minimum atomic E-state index is -0.843. The second kappa shape index (κ2) is 3.01. The normalized spacial score (nSPS) is 36.4. The maximum Gasteiger partial charge on any atom is 0.228 e. The molecule has 1 aliphatic heterocycles. The standard InChI is InChI=1S/C8H11Cl2NO2/c9-8(10)3-6(8)7(13)11-2-1-5(12)4-11/h5-6,12H,1-4H2/t5-,6?/m1/s1. The van der Waals surface area contributed by atoms with Crippen molar-refractivity contribution in [1.82, 2.24) is 4.90 Å². The largest absolute Gasteiger partial charge is 0.391 e. The molecule has 3 nitrogen and oxygen atoms in total. The van der Waals surface area contributed by atoms with Crippen molar-refractivity contribution in [3.63, 3.8) is 0 Å². The van der Waals surface area contributed by atoms with Crippen molar-refractivity contribution in [2.75, 3.05) is 13.1 Å². The molecule has 0 aromatic carbocycles. The third-order valence-electron chi connectivity index (χ3n) is 2.60. The number of halogens is 2. The highest BCUT2D eigenvalue weighted by molar-refractivity contribution is 6.52. The number of rotatable bonds is 1. The number of alkyl halides is 2. The Morgan fingerprint density at radius 2 is 2.15 bits per heavy atom. The molecule has 13 heavy (non-hydrogen) atoms. The molecule has 0 aromatic heterocycles. The number of β-amino-alcohol motifs (C(OH)–C–C–N with tert-alkyl or cyclic N) is 1. The Bertz CT molecular complexity index is 244. The van der Waals surface area contributed by atoms with Crippen LogP contribution in [0.1, 0.15) is 12.8 Å². The molecule has 2 rings (SSSR count). The van der Waals surface area contributed by atoms with Gasteiger partial charge in [0, 0.05) is 13.1 Å². The van der Waals surface area contributed by atoms with Crippen LogP contribution in [-0.2, 0) is 4.79 Å². The number of nitrogens with zero attached hydrogens (tertiary/aromatic N) is 1. The van der Waals surface area contributed by atoms with Crippen molar-refractivity contribution >= 4 is 29.1 Å². The molecule has 2 fully saturated rings. The highest BCUT2D eigenvalue weighted by Gasteiger charge is 2.57. The lowest BCUT2D eigenvalue weighted by Gasteiger charge is -2.15. The van der Waals surface area contributed by atoms with Crippen LogP contribution in [0.15, 0.2) is 0 Å². The van der Waals surface area contributed by atoms with Gasteiger partial charge in [-0.3, -0.25) is 4.79 Å². The van der Waals surface area contributed by atoms with Crippen LogP contribution in [0.3, 0.4) is 0 Å². The van der Waals surface area contributed by atoms with Gasteiger partial charge < -0.3 is 10.0 Å². The lowest BCUT2D eigenvalue weighted by atomic mass is 10.3. The third-order valence-corrected chi connectivity index (χ3v) is 3.43. The van der Waals surface area contributed by atoms with Crippen molar-refractivity contribution in [2.45, 2.75) is 23.3 Å². The third kappa shape index (κ3) is 1.78. The van der Waals surface area contributed by atoms with Gasteiger partial charge in [0.05, 0.1) is 12.0 Å². The molecule has 2 aliphatic rings. The number of carbonyl (C=O) groups is 1. The summed E-state index contributed by atoms with van der Waals surface area (Å²) >= 11 is 11.5. The number of amides is 1. The zero-order valence-corrected chi connectivity index (χ0v) is 8.55. The first-order valence-electron chi connectivity index (χ1n) is 4.35. The average molecular weight is 224 g/mol. The summed E-state index contributed by atoms with van der Waals surface area (Å²) in [6.45, 7) is 1.06. The van der Waals surface area contributed by atoms with Gasteiger partial charge in [0.1, 0.15) is 4.33 Å². The van der Waals surface area contributed by atoms with Gasteiger partial charge in [0.25, 0.3) is 0 Å². The molecule has 0 radical (unpaired) electrons. The number of carbonyl (C=O) groups excluding carboxylic acids is 1. The number of likely N-dealkylation sites (tertiary alicyclic amines) is 1. The topological polar surface area (TPSA) is 40.5 Å². The van der Waals surface area contributed by atoms with E-state index in [0.29, 0.717) is 25.9 Å². The number of aliphatic hydroxyl groups is 1. The molecule has 0 spiro atoms. The zero-order chi connectivity index (χ0) is 9.64. The molecule has 1 unspecified atom stereocenters. The van der Waals surface area contributed by atoms with Crippen molar-refractivity contribution in [3.8, 4) is 0 Å². The Labute approximate surface area is 86.6 Å². The van der Waals surface area contributed by atoms with Crippen molar-refractivity contribution in [1.29, 1.82) is 0 Å². The van der Waals surface area contributed by atoms with Crippen molar-refractivity contribution in [2.24, 2.45) is 5.92 Å². The first-order valence-corrected chi connectivity index (χ1v) is 5.11. The van der Waals surface area contributed by atoms with Gasteiger partial charge >= 0.3 is 0 Å². The van der Waals surface area contributed by atoms with Crippen LogP contribution in [0.2, 0.25) is 0 Å². The van der Waals surface area contributed by atoms with Crippen molar-refractivity contribution < 1.29 is 9.90 Å². The lowest BCUT2D eigenvalue weighted by Crippen LogP contribution is -2.32. The summed E-state index contributed by atoms with van der Waals surface area (Å²) in [5.41, 5.74) is 0. The number of aliphatic hydroxyl groups excluding tert-OH is 1. The Morgan fingerprint density at radius 3 is 2.54 bits per heavy atom. The molecule has 1 amide bonds. The number of hydrogen-bond acceptors (Lipinski definition) is 2. The highest BCUT2D eigenvalue weighted by Crippen LogP contribution is 2.54. The molecule has 1 saturated carbocycles. The Morgan fingerprint density at radius 1 is 1.54 bits per heavy atom. The van der Waals surface area contributed by atoms with E-state index < -0.39 is 4.33 Å². The van der Waals surface area contributed by atoms with Crippen LogP contribution < -0.4 is 0 Å². The quantitative estimate of drug-likeness (QED) is 0.668. The van der Waals surface area contributed by atoms with E-state index in [0.717, 1.165) is 0 Å². The average Bonchev–Trinajstić information content (AvgIpc) is 2.47. The maximum absolute atomic E-state index is 11.6. The summed E-state index contributed by atoms with van der Waals surface area (Å²) in [7, 11) is 0. The predicted molar refractivity (Wildman–Crippen MR) is 49.7 cm³/mol. The van der Waals surface area contributed by atoms with Crippen LogP contribution in [0, 0.1) is 5.92 Å². The second-order valence-corrected chi connectivity index (χ2v) is 5.29. The van der Waals surface area contributed by atoms with Gasteiger partial charge in [0.15, 0.2) is 0 Å². The van der Waals surface area contributed by atoms with Crippen LogP contribution in [0.25, 0.3) is 0 Å². The van der Waals surface area contributed by atoms with E-state index >= 15 is 0 Å². The van der Waals surface area contributed by atoms with E-state index in [1.807, 2.05) is 0 Å². The summed E-state index contributed by atoms with van der Waals surface area (Å²) in [6.07, 6.45) is 0.833. The summed E-state index contributed by atoms with van der Waals surface area (Å²) in [5.74, 6) is -0.261. The van der Waals surface area contributed by atoms with Gasteiger partial charge in [-0.1, -0.05) is 0 Å². The van der Waals surface area contributed by atoms with Gasteiger partial charge in [0.2, 0.25) is 5.91 Å². The predicted octanol–water partition coefficient (Wildman–Crippen LogP) is 0.773. The van der Waals surface area contributed by atoms with Gasteiger partial charge in [-0.15, -0.1) is 23.2 Å². The fourth-order valence-electron chi connectivity index (χ4n) is 1.64. The molecular formula is C8H11Cl2NO2. The first kappa shape index (κ1) is 9.56. The second-order valence-electron chi connectivity index (χ2n) is 3.74. The minimum Gasteiger partial charge on any atom is -0.391 e. The van der Waals surface area contributed by atoms with E-state index in [2.05, 4.69) is 0 Å². The number of hydrogen-bond donors (Lipinski definition) is 1. The molecular weight excluding hydrogens is 213 g/mol. The summed E-state index contributed by atoms with van der Waals surface area (Å²) in [5, 5.41) is 9.22. The van der Waals surface area contributed by atoms with E-state index in [1.54, 1.807) is 4.90 Å². The fraction of sp³-hybridized carbons (Fsp3) is 0.875. The van der Waals surface area contributed by atoms with E-state index in [1.165, 1.54) is 0 Å². The Hall–Kier alpha value is 0.01000. The maximum atomic E-state index is 11.6. The van der Waals surface area contributed by atoms with E-state index in [4.69, 9.17) is 23.2 Å². The molecule has 5 heteroatoms. The van der Waals surface area contributed by atoms with Crippen molar-refractivity contribution in [3.05, 3.63) is 0 Å². The van der Waals surface area contributed by atoms with Crippen LogP contribution in [0.4, 0.5) is 0 Å². The minimum absolute atomic E-state index is 0.0125. The van der Waals surface area contributed by atoms with Crippen LogP contribution >= 0.6 is 23.2 Å². The molecule has 0 aromatic rings. The zero-order valence-electron chi connectivity index (χ0n) is 7.04. The molecule has 1 saturated heterocycles. The molecule has 74 valence electrons. The van der Waals surface area contributed by atoms with Gasteiger partial charge in [-0.25, -0.2) is 0 Å². The van der Waals surface area contributed by atoms with Crippen LogP contribution in [0.5, 0.6) is 0 Å². The van der Waals surface area contributed by atoms with Gasteiger partial charge in [-0.2, -0.15) is 0 Å². The highest BCUT2D eigenvalue weighted by atomic mass is 35.5. The lowest BCUT2D eigenvalue weighted by molar-refractivity contribution is -0.131. The SMILES string of the molecule is O=C(C1CC1(Cl)Cl)N1CC[C@@H](O)C1. The molecule has 0 bridgehead atoms. The molecule has 1 aliphatic carbocycles. The summed E-state index contributed by atoms with van der Waals surface area (Å²) in [6, 6.07) is 0. The van der Waals surface area contributed by atoms with E-state index in [-0.39, 0.29) is 17.9 Å². The summed E-state index contributed by atoms with van der Waals surface area (Å²) < 4.78 is -0.843. The summed E-state index contributed by atoms with van der Waals surface area (Å²) in [4.78, 5) is 13.3. The van der Waals surface area contributed by atoms with Gasteiger partial charge in [-0.05, 0) is 12.8 Å². The molecule has 1 heterocycles. The monoisotopic (exact) mass is 223 g/mol. The Kier molecular flexibility index (Phi) is 2.21. The first-order chi connectivity index (χ1) is 6.00.